The van der Waals surface area contributed by atoms with Crippen LogP contribution in [0.3, 0.4) is 0 Å². The predicted molar refractivity (Wildman–Crippen MR) is 62.3 cm³/mol. The van der Waals surface area contributed by atoms with E-state index in [0.29, 0.717) is 13.8 Å². The smallest absolute Gasteiger partial charge is 0.373 e. The van der Waals surface area contributed by atoms with Crippen LogP contribution in [0, 0.1) is 17.8 Å². The lowest BCUT2D eigenvalue weighted by atomic mass is 9.89. The Balaban J connectivity index is 0. The lowest BCUT2D eigenvalue weighted by Gasteiger charge is -2.35. The first kappa shape index (κ1) is 26.4. The molecule has 25 heavy (non-hydrogen) atoms. The Bertz CT molecular complexity index is 370. The molecule has 0 rings (SSSR count). The molecular weight excluding hydrogens is 388 g/mol. The van der Waals surface area contributed by atoms with Crippen molar-refractivity contribution in [1.82, 2.24) is 0 Å². The average molecular weight is 404 g/mol. The largest absolute Gasteiger partial charge is 0.426 e. The van der Waals surface area contributed by atoms with Crippen LogP contribution in [0.1, 0.15) is 27.7 Å². The van der Waals surface area contributed by atoms with Crippen molar-refractivity contribution in [2.45, 2.75) is 58.0 Å². The van der Waals surface area contributed by atoms with Crippen LogP contribution < -0.4 is 0 Å². The Hall–Kier alpha value is -0.880. The Morgan fingerprint density at radius 1 is 0.560 bits per heavy atom. The zero-order chi connectivity index (χ0) is 21.2. The highest BCUT2D eigenvalue weighted by atomic mass is 19.4. The van der Waals surface area contributed by atoms with Gasteiger partial charge in [0.05, 0.1) is 0 Å². The normalized spacial score (nSPS) is 14.9. The molecule has 0 saturated carbocycles. The molecule has 0 bridgehead atoms. The fourth-order valence-corrected chi connectivity index (χ4v) is 1.76. The summed E-state index contributed by atoms with van der Waals surface area (Å²) in [5.74, 6) is -6.68. The first-order valence-corrected chi connectivity index (χ1v) is 6.50. The molecule has 0 spiro atoms. The summed E-state index contributed by atoms with van der Waals surface area (Å²) in [4.78, 5) is 0. The van der Waals surface area contributed by atoms with Gasteiger partial charge in [0.15, 0.2) is 5.92 Å². The molecule has 0 saturated heterocycles. The molecule has 0 atom stereocenters. The molecular formula is C12H16F12O. The van der Waals surface area contributed by atoms with Crippen molar-refractivity contribution >= 4 is 0 Å². The lowest BCUT2D eigenvalue weighted by molar-refractivity contribution is -0.381. The summed E-state index contributed by atoms with van der Waals surface area (Å²) in [7, 11) is 0. The van der Waals surface area contributed by atoms with E-state index in [4.69, 9.17) is 5.11 Å². The van der Waals surface area contributed by atoms with E-state index in [1.165, 1.54) is 0 Å². The van der Waals surface area contributed by atoms with Gasteiger partial charge in [0.2, 0.25) is 0 Å². The highest BCUT2D eigenvalue weighted by Crippen LogP contribution is 2.47. The third kappa shape index (κ3) is 6.74. The quantitative estimate of drug-likeness (QED) is 0.570. The summed E-state index contributed by atoms with van der Waals surface area (Å²) in [6.07, 6.45) is -21.8. The van der Waals surface area contributed by atoms with Crippen molar-refractivity contribution in [2.24, 2.45) is 17.8 Å². The molecule has 0 heterocycles. The second kappa shape index (κ2) is 7.78. The van der Waals surface area contributed by atoms with Crippen LogP contribution in [0.2, 0.25) is 0 Å². The van der Waals surface area contributed by atoms with Crippen molar-refractivity contribution in [3.05, 3.63) is 0 Å². The van der Waals surface area contributed by atoms with E-state index in [0.717, 1.165) is 13.8 Å². The fraction of sp³-hybridized carbons (Fsp3) is 1.00. The summed E-state index contributed by atoms with van der Waals surface area (Å²) in [6, 6.07) is 0. The summed E-state index contributed by atoms with van der Waals surface area (Å²) < 4.78 is 142. The minimum atomic E-state index is -5.71. The molecule has 154 valence electrons. The molecule has 0 aliphatic heterocycles. The maximum atomic E-state index is 11.9. The fourth-order valence-electron chi connectivity index (χ4n) is 1.76. The van der Waals surface area contributed by atoms with E-state index in [2.05, 4.69) is 0 Å². The Kier molecular flexibility index (Phi) is 8.21. The Morgan fingerprint density at radius 2 is 0.800 bits per heavy atom. The van der Waals surface area contributed by atoms with Crippen LogP contribution >= 0.6 is 0 Å². The average Bonchev–Trinajstić information content (AvgIpc) is 2.19. The van der Waals surface area contributed by atoms with Crippen molar-refractivity contribution < 1.29 is 57.8 Å². The van der Waals surface area contributed by atoms with E-state index in [1.54, 1.807) is 0 Å². The van der Waals surface area contributed by atoms with E-state index in [-0.39, 0.29) is 0 Å². The topological polar surface area (TPSA) is 20.2 Å². The second-order valence-electron chi connectivity index (χ2n) is 5.72. The summed E-state index contributed by atoms with van der Waals surface area (Å²) in [5, 5.41) is 8.51. The summed E-state index contributed by atoms with van der Waals surface area (Å²) in [5.41, 5.74) is -4.62. The van der Waals surface area contributed by atoms with Crippen LogP contribution in [0.4, 0.5) is 52.7 Å². The molecule has 13 heteroatoms. The molecule has 0 aliphatic rings. The van der Waals surface area contributed by atoms with Crippen molar-refractivity contribution in [2.75, 3.05) is 0 Å². The van der Waals surface area contributed by atoms with Gasteiger partial charge in [-0.2, -0.15) is 52.7 Å². The number of halogens is 12. The monoisotopic (exact) mass is 404 g/mol. The van der Waals surface area contributed by atoms with Gasteiger partial charge < -0.3 is 5.11 Å². The zero-order valence-corrected chi connectivity index (χ0v) is 13.2. The molecule has 0 aliphatic carbocycles. The number of rotatable bonds is 2. The first-order valence-electron chi connectivity index (χ1n) is 6.50. The SMILES string of the molecule is CC(C)C(C(F)(F)F)C(F)(F)F.CC(C)C(O)(C(F)(F)F)C(F)(F)F. The van der Waals surface area contributed by atoms with Crippen LogP contribution in [0.25, 0.3) is 0 Å². The molecule has 0 fully saturated rings. The van der Waals surface area contributed by atoms with Gasteiger partial charge in [-0.1, -0.05) is 27.7 Å². The predicted octanol–water partition coefficient (Wildman–Crippen LogP) is 5.88. The highest BCUT2D eigenvalue weighted by molar-refractivity contribution is 4.96. The molecule has 1 N–H and O–H groups in total. The molecule has 1 nitrogen and oxygen atoms in total. The van der Waals surface area contributed by atoms with Crippen molar-refractivity contribution in [1.29, 1.82) is 0 Å². The Labute approximate surface area is 135 Å². The third-order valence-electron chi connectivity index (χ3n) is 3.07. The maximum Gasteiger partial charge on any atom is 0.426 e. The van der Waals surface area contributed by atoms with Crippen molar-refractivity contribution in [3.8, 4) is 0 Å². The number of aliphatic hydroxyl groups is 1. The van der Waals surface area contributed by atoms with Crippen LogP contribution in [-0.2, 0) is 0 Å². The standard InChI is InChI=1S/C6H8F6O.C6H8F6/c1-3(2)4(13,5(7,8)9)6(10,11)12;1-3(2)4(5(7,8)9)6(10,11)12/h3,13H,1-2H3;3-4H,1-2H3. The zero-order valence-electron chi connectivity index (χ0n) is 13.2. The Morgan fingerprint density at radius 3 is 0.800 bits per heavy atom. The van der Waals surface area contributed by atoms with Gasteiger partial charge in [-0.25, -0.2) is 0 Å². The molecule has 0 radical (unpaired) electrons. The van der Waals surface area contributed by atoms with Gasteiger partial charge in [-0.15, -0.1) is 0 Å². The van der Waals surface area contributed by atoms with Gasteiger partial charge >= 0.3 is 24.7 Å². The molecule has 0 aromatic carbocycles. The van der Waals surface area contributed by atoms with Crippen LogP contribution in [-0.4, -0.2) is 35.4 Å². The maximum absolute atomic E-state index is 11.9. The van der Waals surface area contributed by atoms with Gasteiger partial charge in [0.25, 0.3) is 5.60 Å². The van der Waals surface area contributed by atoms with Gasteiger partial charge in [0.1, 0.15) is 0 Å². The molecule has 0 unspecified atom stereocenters. The molecule has 0 amide bonds. The van der Waals surface area contributed by atoms with Crippen LogP contribution in [0.5, 0.6) is 0 Å². The van der Waals surface area contributed by atoms with Crippen molar-refractivity contribution in [3.63, 3.8) is 0 Å². The third-order valence-corrected chi connectivity index (χ3v) is 3.07. The lowest BCUT2D eigenvalue weighted by Crippen LogP contribution is -2.60. The van der Waals surface area contributed by atoms with Crippen LogP contribution in [0.15, 0.2) is 0 Å². The van der Waals surface area contributed by atoms with Gasteiger partial charge in [-0.3, -0.25) is 0 Å². The van der Waals surface area contributed by atoms with E-state index < -0.39 is 48.1 Å². The molecule has 0 aromatic rings. The molecule has 0 aromatic heterocycles. The summed E-state index contributed by atoms with van der Waals surface area (Å²) >= 11 is 0. The summed E-state index contributed by atoms with van der Waals surface area (Å²) in [6.45, 7) is 3.10. The van der Waals surface area contributed by atoms with Gasteiger partial charge in [-0.05, 0) is 5.92 Å². The number of alkyl halides is 12. The van der Waals surface area contributed by atoms with E-state index in [9.17, 15) is 52.7 Å². The van der Waals surface area contributed by atoms with Gasteiger partial charge in [0, 0.05) is 5.92 Å². The minimum Gasteiger partial charge on any atom is -0.373 e. The minimum absolute atomic E-state index is 0.654. The highest BCUT2D eigenvalue weighted by Gasteiger charge is 2.71. The number of hydrogen-bond donors (Lipinski definition) is 1. The second-order valence-corrected chi connectivity index (χ2v) is 5.72. The first-order chi connectivity index (χ1) is 10.5. The van der Waals surface area contributed by atoms with E-state index >= 15 is 0 Å². The number of hydrogen-bond acceptors (Lipinski definition) is 1. The van der Waals surface area contributed by atoms with E-state index in [1.807, 2.05) is 0 Å².